The van der Waals surface area contributed by atoms with Crippen molar-refractivity contribution in [2.75, 3.05) is 0 Å². The van der Waals surface area contributed by atoms with Crippen molar-refractivity contribution in [3.63, 3.8) is 0 Å². The summed E-state index contributed by atoms with van der Waals surface area (Å²) in [4.78, 5) is 21.9. The summed E-state index contributed by atoms with van der Waals surface area (Å²) in [6, 6.07) is 1.52. The quantitative estimate of drug-likeness (QED) is 0.850. The summed E-state index contributed by atoms with van der Waals surface area (Å²) in [6.07, 6.45) is 1.97. The van der Waals surface area contributed by atoms with Crippen LogP contribution in [0.1, 0.15) is 12.5 Å². The molecule has 1 heterocycles. The summed E-state index contributed by atoms with van der Waals surface area (Å²) in [5, 5.41) is 8.85. The number of hydrogen-bond acceptors (Lipinski definition) is 2. The lowest BCUT2D eigenvalue weighted by atomic mass is 10.0. The fourth-order valence-electron chi connectivity index (χ4n) is 1.29. The van der Waals surface area contributed by atoms with Gasteiger partial charge in [0.1, 0.15) is 5.02 Å². The van der Waals surface area contributed by atoms with Gasteiger partial charge in [0.05, 0.1) is 5.92 Å². The first-order chi connectivity index (χ1) is 6.91. The molecule has 5 heteroatoms. The van der Waals surface area contributed by atoms with E-state index in [-0.39, 0.29) is 10.6 Å². The van der Waals surface area contributed by atoms with Crippen LogP contribution < -0.4 is 5.56 Å². The Hall–Kier alpha value is -1.29. The molecular formula is C10H12ClNO3. The Morgan fingerprint density at radius 2 is 2.27 bits per heavy atom. The number of nitrogens with zero attached hydrogens (tertiary/aromatic N) is 1. The third-order valence-corrected chi connectivity index (χ3v) is 2.43. The van der Waals surface area contributed by atoms with Crippen molar-refractivity contribution in [3.05, 3.63) is 33.2 Å². The van der Waals surface area contributed by atoms with Crippen LogP contribution in [-0.4, -0.2) is 15.6 Å². The van der Waals surface area contributed by atoms with Crippen LogP contribution in [0, 0.1) is 5.92 Å². The molecule has 0 aliphatic heterocycles. The molecule has 0 spiro atoms. The van der Waals surface area contributed by atoms with Crippen molar-refractivity contribution in [2.45, 2.75) is 13.3 Å². The predicted molar refractivity (Wildman–Crippen MR) is 57.2 cm³/mol. The summed E-state index contributed by atoms with van der Waals surface area (Å²) >= 11 is 5.70. The topological polar surface area (TPSA) is 59.3 Å². The fourth-order valence-corrected chi connectivity index (χ4v) is 1.56. The van der Waals surface area contributed by atoms with Crippen molar-refractivity contribution in [3.8, 4) is 0 Å². The molecule has 0 amide bonds. The van der Waals surface area contributed by atoms with E-state index in [1.54, 1.807) is 20.2 Å². The molecule has 1 unspecified atom stereocenters. The van der Waals surface area contributed by atoms with Gasteiger partial charge in [-0.15, -0.1) is 0 Å². The van der Waals surface area contributed by atoms with Gasteiger partial charge in [-0.1, -0.05) is 18.5 Å². The monoisotopic (exact) mass is 229 g/mol. The zero-order valence-corrected chi connectivity index (χ0v) is 9.28. The second kappa shape index (κ2) is 4.49. The van der Waals surface area contributed by atoms with Crippen molar-refractivity contribution in [1.82, 2.24) is 4.57 Å². The molecule has 0 saturated heterocycles. The highest BCUT2D eigenvalue weighted by Gasteiger charge is 2.12. The molecule has 1 N–H and O–H groups in total. The third-order valence-electron chi connectivity index (χ3n) is 2.16. The molecule has 15 heavy (non-hydrogen) atoms. The Kier molecular flexibility index (Phi) is 3.52. The first-order valence-corrected chi connectivity index (χ1v) is 4.87. The Morgan fingerprint density at radius 1 is 1.67 bits per heavy atom. The second-order valence-corrected chi connectivity index (χ2v) is 3.96. The molecule has 4 nitrogen and oxygen atoms in total. The number of aromatic nitrogens is 1. The van der Waals surface area contributed by atoms with Crippen LogP contribution in [0.5, 0.6) is 0 Å². The standard InChI is InChI=1S/C10H12ClNO3/c1-6(10(14)15)3-7-4-8(11)9(13)12(2)5-7/h4-6H,3H2,1-2H3,(H,14,15). The second-order valence-electron chi connectivity index (χ2n) is 3.56. The minimum Gasteiger partial charge on any atom is -0.481 e. The Bertz CT molecular complexity index is 413. The molecular weight excluding hydrogens is 218 g/mol. The van der Waals surface area contributed by atoms with Gasteiger partial charge in [0.2, 0.25) is 0 Å². The van der Waals surface area contributed by atoms with Crippen molar-refractivity contribution in [2.24, 2.45) is 13.0 Å². The van der Waals surface area contributed by atoms with Gasteiger partial charge in [-0.05, 0) is 18.1 Å². The van der Waals surface area contributed by atoms with Crippen molar-refractivity contribution in [1.29, 1.82) is 0 Å². The Balaban J connectivity index is 2.98. The van der Waals surface area contributed by atoms with E-state index >= 15 is 0 Å². The molecule has 0 saturated carbocycles. The average molecular weight is 230 g/mol. The minimum atomic E-state index is -0.861. The maximum absolute atomic E-state index is 11.3. The first-order valence-electron chi connectivity index (χ1n) is 4.49. The number of aryl methyl sites for hydroxylation is 1. The van der Waals surface area contributed by atoms with Gasteiger partial charge in [-0.3, -0.25) is 9.59 Å². The zero-order chi connectivity index (χ0) is 11.6. The van der Waals surface area contributed by atoms with Gasteiger partial charge >= 0.3 is 5.97 Å². The molecule has 0 radical (unpaired) electrons. The number of pyridine rings is 1. The number of carboxylic acid groups (broad SMARTS) is 1. The largest absolute Gasteiger partial charge is 0.481 e. The highest BCUT2D eigenvalue weighted by Crippen LogP contribution is 2.11. The van der Waals surface area contributed by atoms with E-state index in [4.69, 9.17) is 16.7 Å². The molecule has 1 atom stereocenters. The number of carboxylic acids is 1. The Morgan fingerprint density at radius 3 is 2.73 bits per heavy atom. The molecule has 0 aliphatic carbocycles. The van der Waals surface area contributed by atoms with Gasteiger partial charge in [0, 0.05) is 13.2 Å². The fraction of sp³-hybridized carbons (Fsp3) is 0.400. The van der Waals surface area contributed by atoms with Crippen LogP contribution >= 0.6 is 11.6 Å². The van der Waals surface area contributed by atoms with Crippen LogP contribution in [0.25, 0.3) is 0 Å². The molecule has 0 aromatic carbocycles. The van der Waals surface area contributed by atoms with E-state index in [1.165, 1.54) is 10.6 Å². The van der Waals surface area contributed by atoms with Gasteiger partial charge < -0.3 is 9.67 Å². The molecule has 0 fully saturated rings. The predicted octanol–water partition coefficient (Wildman–Crippen LogP) is 1.30. The number of rotatable bonds is 3. The molecule has 0 aliphatic rings. The highest BCUT2D eigenvalue weighted by molar-refractivity contribution is 6.30. The van der Waals surface area contributed by atoms with E-state index < -0.39 is 11.9 Å². The third kappa shape index (κ3) is 2.83. The summed E-state index contributed by atoms with van der Waals surface area (Å²) in [5.74, 6) is -1.35. The maximum atomic E-state index is 11.3. The van der Waals surface area contributed by atoms with Gasteiger partial charge in [-0.2, -0.15) is 0 Å². The van der Waals surface area contributed by atoms with Crippen LogP contribution in [0.3, 0.4) is 0 Å². The minimum absolute atomic E-state index is 0.118. The lowest BCUT2D eigenvalue weighted by molar-refractivity contribution is -0.141. The zero-order valence-electron chi connectivity index (χ0n) is 8.53. The first kappa shape index (κ1) is 11.8. The van der Waals surface area contributed by atoms with Crippen molar-refractivity contribution >= 4 is 17.6 Å². The average Bonchev–Trinajstić information content (AvgIpc) is 2.13. The van der Waals surface area contributed by atoms with Crippen LogP contribution in [-0.2, 0) is 18.3 Å². The Labute approximate surface area is 92.1 Å². The molecule has 1 aromatic rings. The van der Waals surface area contributed by atoms with E-state index in [2.05, 4.69) is 0 Å². The van der Waals surface area contributed by atoms with E-state index in [9.17, 15) is 9.59 Å². The number of halogens is 1. The smallest absolute Gasteiger partial charge is 0.306 e. The SMILES string of the molecule is CC(Cc1cc(Cl)c(=O)n(C)c1)C(=O)O. The molecule has 82 valence electrons. The van der Waals surface area contributed by atoms with E-state index in [0.717, 1.165) is 5.56 Å². The van der Waals surface area contributed by atoms with E-state index in [0.29, 0.717) is 6.42 Å². The lowest BCUT2D eigenvalue weighted by Gasteiger charge is -2.08. The number of hydrogen-bond donors (Lipinski definition) is 1. The molecule has 1 rings (SSSR count). The normalized spacial score (nSPS) is 12.5. The van der Waals surface area contributed by atoms with Gasteiger partial charge in [0.25, 0.3) is 5.56 Å². The number of aliphatic carboxylic acids is 1. The summed E-state index contributed by atoms with van der Waals surface area (Å²) in [6.45, 7) is 1.61. The maximum Gasteiger partial charge on any atom is 0.306 e. The highest BCUT2D eigenvalue weighted by atomic mass is 35.5. The summed E-state index contributed by atoms with van der Waals surface area (Å²) in [5.41, 5.74) is 0.473. The summed E-state index contributed by atoms with van der Waals surface area (Å²) in [7, 11) is 1.59. The van der Waals surface area contributed by atoms with Gasteiger partial charge in [-0.25, -0.2) is 0 Å². The van der Waals surface area contributed by atoms with E-state index in [1.807, 2.05) is 0 Å². The number of carbonyl (C=O) groups is 1. The van der Waals surface area contributed by atoms with Crippen molar-refractivity contribution < 1.29 is 9.90 Å². The van der Waals surface area contributed by atoms with Crippen LogP contribution in [0.2, 0.25) is 5.02 Å². The van der Waals surface area contributed by atoms with Crippen LogP contribution in [0.15, 0.2) is 17.1 Å². The van der Waals surface area contributed by atoms with Crippen LogP contribution in [0.4, 0.5) is 0 Å². The molecule has 0 bridgehead atoms. The lowest BCUT2D eigenvalue weighted by Crippen LogP contribution is -2.19. The molecule has 1 aromatic heterocycles. The summed E-state index contributed by atoms with van der Waals surface area (Å²) < 4.78 is 1.35. The van der Waals surface area contributed by atoms with Gasteiger partial charge in [0.15, 0.2) is 0 Å².